The minimum absolute atomic E-state index is 0.107. The summed E-state index contributed by atoms with van der Waals surface area (Å²) in [6, 6.07) is 0.107. The van der Waals surface area contributed by atoms with E-state index in [0.29, 0.717) is 17.5 Å². The Bertz CT molecular complexity index is 223. The zero-order valence-corrected chi connectivity index (χ0v) is 6.27. The molecule has 0 atom stereocenters. The normalized spacial score (nSPS) is 10.2. The van der Waals surface area contributed by atoms with E-state index in [1.807, 2.05) is 0 Å². The summed E-state index contributed by atoms with van der Waals surface area (Å²) in [5.74, 6) is 0.571. The van der Waals surface area contributed by atoms with Gasteiger partial charge in [0.2, 0.25) is 0 Å². The maximum atomic E-state index is 5.60. The zero-order chi connectivity index (χ0) is 7.56. The minimum atomic E-state index is 0.107. The predicted molar refractivity (Wildman–Crippen MR) is 38.7 cm³/mol. The lowest BCUT2D eigenvalue weighted by molar-refractivity contribution is 0.508. The summed E-state index contributed by atoms with van der Waals surface area (Å²) in [4.78, 5) is 3.67. The molecule has 0 spiro atoms. The van der Waals surface area contributed by atoms with Crippen molar-refractivity contribution in [3.05, 3.63) is 10.9 Å². The Labute approximate surface area is 63.4 Å². The number of nitrogens with zero attached hydrogens (tertiary/aromatic N) is 1. The first-order valence-corrected chi connectivity index (χ1v) is 3.17. The van der Waals surface area contributed by atoms with E-state index >= 15 is 0 Å². The number of anilines is 1. The molecule has 0 aliphatic rings. The van der Waals surface area contributed by atoms with Gasteiger partial charge in [-0.25, -0.2) is 0 Å². The standard InChI is InChI=1S/C5H8ClN3O/c1-8-2-3-4(6)9-5(7)10-3/h8H,2H2,1H3,(H2,7,9). The van der Waals surface area contributed by atoms with E-state index in [9.17, 15) is 0 Å². The van der Waals surface area contributed by atoms with Gasteiger partial charge in [0.15, 0.2) is 10.9 Å². The molecular formula is C5H8ClN3O. The number of nitrogens with two attached hydrogens (primary N) is 1. The molecule has 0 amide bonds. The number of aromatic nitrogens is 1. The largest absolute Gasteiger partial charge is 0.426 e. The van der Waals surface area contributed by atoms with Crippen LogP contribution in [-0.4, -0.2) is 12.0 Å². The lowest BCUT2D eigenvalue weighted by atomic mass is 10.5. The van der Waals surface area contributed by atoms with Gasteiger partial charge in [0.1, 0.15) is 0 Å². The fraction of sp³-hybridized carbons (Fsp3) is 0.400. The smallest absolute Gasteiger partial charge is 0.293 e. The van der Waals surface area contributed by atoms with Crippen LogP contribution < -0.4 is 11.1 Å². The first kappa shape index (κ1) is 7.37. The molecule has 1 aromatic heterocycles. The van der Waals surface area contributed by atoms with Gasteiger partial charge in [-0.1, -0.05) is 11.6 Å². The maximum Gasteiger partial charge on any atom is 0.293 e. The second-order valence-corrected chi connectivity index (χ2v) is 2.15. The van der Waals surface area contributed by atoms with Crippen molar-refractivity contribution in [2.75, 3.05) is 12.8 Å². The summed E-state index contributed by atoms with van der Waals surface area (Å²) < 4.78 is 4.93. The number of nitrogens with one attached hydrogen (secondary N) is 1. The number of rotatable bonds is 2. The summed E-state index contributed by atoms with van der Waals surface area (Å²) in [6.07, 6.45) is 0. The molecule has 0 aliphatic carbocycles. The summed E-state index contributed by atoms with van der Waals surface area (Å²) in [5, 5.41) is 3.19. The van der Waals surface area contributed by atoms with Gasteiger partial charge in [0, 0.05) is 0 Å². The minimum Gasteiger partial charge on any atom is -0.426 e. The van der Waals surface area contributed by atoms with Crippen LogP contribution in [0.25, 0.3) is 0 Å². The van der Waals surface area contributed by atoms with E-state index in [2.05, 4.69) is 10.3 Å². The average molecular weight is 162 g/mol. The maximum absolute atomic E-state index is 5.60. The second kappa shape index (κ2) is 2.90. The number of halogens is 1. The highest BCUT2D eigenvalue weighted by atomic mass is 35.5. The molecule has 3 N–H and O–H groups in total. The van der Waals surface area contributed by atoms with E-state index in [1.54, 1.807) is 7.05 Å². The molecule has 0 saturated heterocycles. The van der Waals surface area contributed by atoms with Gasteiger partial charge in [0.25, 0.3) is 6.01 Å². The van der Waals surface area contributed by atoms with Gasteiger partial charge in [-0.2, -0.15) is 4.98 Å². The molecule has 0 saturated carbocycles. The van der Waals surface area contributed by atoms with Crippen molar-refractivity contribution in [1.29, 1.82) is 0 Å². The summed E-state index contributed by atoms with van der Waals surface area (Å²) in [5.41, 5.74) is 5.22. The molecule has 10 heavy (non-hydrogen) atoms. The van der Waals surface area contributed by atoms with E-state index < -0.39 is 0 Å². The molecule has 56 valence electrons. The van der Waals surface area contributed by atoms with Crippen LogP contribution in [0.15, 0.2) is 4.42 Å². The van der Waals surface area contributed by atoms with Gasteiger partial charge < -0.3 is 15.5 Å². The molecule has 1 aromatic rings. The summed E-state index contributed by atoms with van der Waals surface area (Å²) in [7, 11) is 1.79. The van der Waals surface area contributed by atoms with Crippen LogP contribution in [0.5, 0.6) is 0 Å². The number of hydrogen-bond donors (Lipinski definition) is 2. The van der Waals surface area contributed by atoms with Crippen LogP contribution in [0.1, 0.15) is 5.76 Å². The third-order valence-corrected chi connectivity index (χ3v) is 1.30. The van der Waals surface area contributed by atoms with Crippen molar-refractivity contribution in [1.82, 2.24) is 10.3 Å². The quantitative estimate of drug-likeness (QED) is 0.668. The number of hydrogen-bond acceptors (Lipinski definition) is 4. The fourth-order valence-corrected chi connectivity index (χ4v) is 0.809. The first-order chi connectivity index (χ1) is 4.74. The molecule has 5 heteroatoms. The van der Waals surface area contributed by atoms with Crippen molar-refractivity contribution < 1.29 is 4.42 Å². The van der Waals surface area contributed by atoms with E-state index in [-0.39, 0.29) is 6.01 Å². The number of nitrogen functional groups attached to an aromatic ring is 1. The highest BCUT2D eigenvalue weighted by Gasteiger charge is 2.06. The molecule has 4 nitrogen and oxygen atoms in total. The van der Waals surface area contributed by atoms with Crippen molar-refractivity contribution in [2.24, 2.45) is 0 Å². The Morgan fingerprint density at radius 3 is 2.90 bits per heavy atom. The number of oxazole rings is 1. The van der Waals surface area contributed by atoms with E-state index in [0.717, 1.165) is 0 Å². The second-order valence-electron chi connectivity index (χ2n) is 1.80. The van der Waals surface area contributed by atoms with Gasteiger partial charge >= 0.3 is 0 Å². The van der Waals surface area contributed by atoms with Crippen LogP contribution >= 0.6 is 11.6 Å². The molecule has 0 unspecified atom stereocenters. The van der Waals surface area contributed by atoms with E-state index in [4.69, 9.17) is 21.8 Å². The third kappa shape index (κ3) is 1.40. The summed E-state index contributed by atoms with van der Waals surface area (Å²) >= 11 is 5.60. The van der Waals surface area contributed by atoms with Crippen LogP contribution in [-0.2, 0) is 6.54 Å². The van der Waals surface area contributed by atoms with Gasteiger partial charge in [-0.3, -0.25) is 0 Å². The molecule has 1 heterocycles. The Morgan fingerprint density at radius 1 is 1.80 bits per heavy atom. The van der Waals surface area contributed by atoms with Gasteiger partial charge in [0.05, 0.1) is 6.54 Å². The van der Waals surface area contributed by atoms with E-state index in [1.165, 1.54) is 0 Å². The van der Waals surface area contributed by atoms with Crippen LogP contribution in [0, 0.1) is 0 Å². The lowest BCUT2D eigenvalue weighted by Gasteiger charge is -1.90. The fourth-order valence-electron chi connectivity index (χ4n) is 0.620. The molecule has 0 aromatic carbocycles. The monoisotopic (exact) mass is 161 g/mol. The Balaban J connectivity index is 2.81. The molecule has 0 aliphatic heterocycles. The van der Waals surface area contributed by atoms with Crippen molar-refractivity contribution in [2.45, 2.75) is 6.54 Å². The highest BCUT2D eigenvalue weighted by molar-refractivity contribution is 6.30. The topological polar surface area (TPSA) is 64.1 Å². The molecular weight excluding hydrogens is 154 g/mol. The Hall–Kier alpha value is -0.740. The van der Waals surface area contributed by atoms with Gasteiger partial charge in [-0.05, 0) is 7.05 Å². The Kier molecular flexibility index (Phi) is 2.13. The van der Waals surface area contributed by atoms with Gasteiger partial charge in [-0.15, -0.1) is 0 Å². The predicted octanol–water partition coefficient (Wildman–Crippen LogP) is 0.630. The molecule has 1 rings (SSSR count). The zero-order valence-electron chi connectivity index (χ0n) is 5.52. The highest BCUT2D eigenvalue weighted by Crippen LogP contribution is 2.16. The van der Waals surface area contributed by atoms with Crippen molar-refractivity contribution in [3.63, 3.8) is 0 Å². The van der Waals surface area contributed by atoms with Crippen molar-refractivity contribution in [3.8, 4) is 0 Å². The van der Waals surface area contributed by atoms with Crippen LogP contribution in [0.2, 0.25) is 5.15 Å². The Morgan fingerprint density at radius 2 is 2.50 bits per heavy atom. The van der Waals surface area contributed by atoms with Crippen molar-refractivity contribution >= 4 is 17.6 Å². The SMILES string of the molecule is CNCc1oc(N)nc1Cl. The van der Waals surface area contributed by atoms with Crippen LogP contribution in [0.3, 0.4) is 0 Å². The lowest BCUT2D eigenvalue weighted by Crippen LogP contribution is -2.04. The summed E-state index contributed by atoms with van der Waals surface area (Å²) in [6.45, 7) is 0.545. The average Bonchev–Trinajstić information content (AvgIpc) is 2.13. The molecule has 0 radical (unpaired) electrons. The third-order valence-electron chi connectivity index (χ3n) is 1.00. The van der Waals surface area contributed by atoms with Crippen LogP contribution in [0.4, 0.5) is 6.01 Å². The molecule has 0 fully saturated rings. The first-order valence-electron chi connectivity index (χ1n) is 2.79. The molecule has 0 bridgehead atoms.